The Kier molecular flexibility index (Phi) is 35.5. The number of hydrogen-bond acceptors (Lipinski definition) is 4. The van der Waals surface area contributed by atoms with Crippen molar-refractivity contribution in [1.29, 1.82) is 0 Å². The normalized spacial score (nSPS) is 11.7. The topological polar surface area (TPSA) is 32.8 Å². The lowest BCUT2D eigenvalue weighted by molar-refractivity contribution is -0.150. The minimum atomic E-state index is 0.0503. The number of rotatable bonds is 37. The van der Waals surface area contributed by atoms with Gasteiger partial charge in [0, 0.05) is 13.0 Å². The van der Waals surface area contributed by atoms with E-state index in [1.165, 1.54) is 167 Å². The lowest BCUT2D eigenvalue weighted by Gasteiger charge is -2.24. The Morgan fingerprint density at radius 2 is 0.978 bits per heavy atom. The van der Waals surface area contributed by atoms with Crippen LogP contribution in [0.1, 0.15) is 207 Å². The van der Waals surface area contributed by atoms with Crippen LogP contribution in [0.5, 0.6) is 0 Å². The first-order chi connectivity index (χ1) is 22.6. The van der Waals surface area contributed by atoms with E-state index in [1.54, 1.807) is 0 Å². The first-order valence-electron chi connectivity index (χ1n) is 20.5. The SMILES string of the molecule is C=CN(/C=C\C)CCCN(CCCCCCCCC)CCCCCCCC(=O)OC(CCCCCCCC)CCCCCCCC. The highest BCUT2D eigenvalue weighted by molar-refractivity contribution is 5.69. The molecule has 0 rings (SSSR count). The van der Waals surface area contributed by atoms with Gasteiger partial charge in [0.2, 0.25) is 0 Å². The van der Waals surface area contributed by atoms with Gasteiger partial charge in [0.25, 0.3) is 0 Å². The third kappa shape index (κ3) is 31.3. The fraction of sp³-hybridized carbons (Fsp3) is 0.881. The molecule has 0 radical (unpaired) electrons. The highest BCUT2D eigenvalue weighted by Crippen LogP contribution is 2.18. The van der Waals surface area contributed by atoms with E-state index >= 15 is 0 Å². The Balaban J connectivity index is 4.36. The quantitative estimate of drug-likeness (QED) is 0.0496. The molecule has 46 heavy (non-hydrogen) atoms. The van der Waals surface area contributed by atoms with Crippen LogP contribution in [-0.4, -0.2) is 48.1 Å². The Hall–Kier alpha value is -1.29. The summed E-state index contributed by atoms with van der Waals surface area (Å²) in [6.45, 7) is 17.5. The number of unbranched alkanes of at least 4 members (excludes halogenated alkanes) is 20. The molecular formula is C42H82N2O2. The molecule has 0 fully saturated rings. The van der Waals surface area contributed by atoms with Crippen LogP contribution < -0.4 is 0 Å². The first-order valence-corrected chi connectivity index (χ1v) is 20.5. The van der Waals surface area contributed by atoms with E-state index in [2.05, 4.69) is 56.3 Å². The van der Waals surface area contributed by atoms with Gasteiger partial charge in [-0.15, -0.1) is 0 Å². The maximum absolute atomic E-state index is 12.7. The summed E-state index contributed by atoms with van der Waals surface area (Å²) in [7, 11) is 0. The predicted molar refractivity (Wildman–Crippen MR) is 204 cm³/mol. The molecule has 0 heterocycles. The van der Waals surface area contributed by atoms with Crippen molar-refractivity contribution in [3.05, 3.63) is 25.1 Å². The number of carbonyl (C=O) groups excluding carboxylic acids is 1. The second kappa shape index (κ2) is 36.5. The molecule has 0 aromatic heterocycles. The van der Waals surface area contributed by atoms with E-state index in [0.717, 1.165) is 32.2 Å². The second-order valence-corrected chi connectivity index (χ2v) is 14.0. The Morgan fingerprint density at radius 3 is 1.43 bits per heavy atom. The van der Waals surface area contributed by atoms with Crippen molar-refractivity contribution in [3.8, 4) is 0 Å². The molecule has 4 nitrogen and oxygen atoms in total. The van der Waals surface area contributed by atoms with E-state index < -0.39 is 0 Å². The molecule has 0 saturated carbocycles. The summed E-state index contributed by atoms with van der Waals surface area (Å²) in [5.41, 5.74) is 0. The molecule has 4 heteroatoms. The minimum absolute atomic E-state index is 0.0503. The lowest BCUT2D eigenvalue weighted by atomic mass is 10.0. The molecule has 0 aliphatic rings. The van der Waals surface area contributed by atoms with Crippen LogP contribution in [0, 0.1) is 0 Å². The van der Waals surface area contributed by atoms with Crippen LogP contribution >= 0.6 is 0 Å². The third-order valence-electron chi connectivity index (χ3n) is 9.46. The van der Waals surface area contributed by atoms with Crippen molar-refractivity contribution < 1.29 is 9.53 Å². The number of hydrogen-bond donors (Lipinski definition) is 0. The van der Waals surface area contributed by atoms with Crippen LogP contribution in [0.15, 0.2) is 25.1 Å². The zero-order valence-corrected chi connectivity index (χ0v) is 31.9. The summed E-state index contributed by atoms with van der Waals surface area (Å²) in [6, 6.07) is 0. The van der Waals surface area contributed by atoms with Gasteiger partial charge in [0.05, 0.1) is 0 Å². The second-order valence-electron chi connectivity index (χ2n) is 14.0. The minimum Gasteiger partial charge on any atom is -0.462 e. The molecule has 0 atom stereocenters. The molecule has 0 aliphatic carbocycles. The zero-order chi connectivity index (χ0) is 33.8. The van der Waals surface area contributed by atoms with Gasteiger partial charge in [-0.3, -0.25) is 4.79 Å². The molecule has 0 aromatic rings. The van der Waals surface area contributed by atoms with E-state index in [4.69, 9.17) is 4.74 Å². The maximum Gasteiger partial charge on any atom is 0.306 e. The molecule has 0 saturated heterocycles. The number of carbonyl (C=O) groups is 1. The van der Waals surface area contributed by atoms with Gasteiger partial charge in [-0.05, 0) is 90.3 Å². The summed E-state index contributed by atoms with van der Waals surface area (Å²) in [5.74, 6) is 0.0503. The van der Waals surface area contributed by atoms with Crippen LogP contribution in [0.25, 0.3) is 0 Å². The van der Waals surface area contributed by atoms with Crippen molar-refractivity contribution in [1.82, 2.24) is 9.80 Å². The number of ether oxygens (including phenoxy) is 1. The molecule has 272 valence electrons. The monoisotopic (exact) mass is 647 g/mol. The fourth-order valence-corrected chi connectivity index (χ4v) is 6.47. The van der Waals surface area contributed by atoms with Crippen LogP contribution in [0.3, 0.4) is 0 Å². The molecule has 0 N–H and O–H groups in total. The van der Waals surface area contributed by atoms with Gasteiger partial charge < -0.3 is 14.5 Å². The predicted octanol–water partition coefficient (Wildman–Crippen LogP) is 13.2. The summed E-state index contributed by atoms with van der Waals surface area (Å²) < 4.78 is 6.06. The summed E-state index contributed by atoms with van der Waals surface area (Å²) >= 11 is 0. The molecule has 0 spiro atoms. The summed E-state index contributed by atoms with van der Waals surface area (Å²) in [5, 5.41) is 0. The number of esters is 1. The van der Waals surface area contributed by atoms with Crippen molar-refractivity contribution in [2.75, 3.05) is 26.2 Å². The largest absolute Gasteiger partial charge is 0.462 e. The highest BCUT2D eigenvalue weighted by atomic mass is 16.5. The molecule has 0 unspecified atom stereocenters. The zero-order valence-electron chi connectivity index (χ0n) is 31.9. The van der Waals surface area contributed by atoms with Crippen molar-refractivity contribution in [2.24, 2.45) is 0 Å². The van der Waals surface area contributed by atoms with Crippen LogP contribution in [0.2, 0.25) is 0 Å². The van der Waals surface area contributed by atoms with E-state index in [9.17, 15) is 4.79 Å². The first kappa shape index (κ1) is 44.7. The van der Waals surface area contributed by atoms with Gasteiger partial charge in [-0.1, -0.05) is 155 Å². The Labute approximate surface area is 289 Å². The van der Waals surface area contributed by atoms with Crippen molar-refractivity contribution in [2.45, 2.75) is 214 Å². The lowest BCUT2D eigenvalue weighted by Crippen LogP contribution is -2.29. The van der Waals surface area contributed by atoms with E-state index in [-0.39, 0.29) is 12.1 Å². The molecule has 0 bridgehead atoms. The Bertz CT molecular complexity index is 648. The molecular weight excluding hydrogens is 564 g/mol. The van der Waals surface area contributed by atoms with Gasteiger partial charge in [0.15, 0.2) is 0 Å². The van der Waals surface area contributed by atoms with Crippen molar-refractivity contribution >= 4 is 5.97 Å². The number of nitrogens with zero attached hydrogens (tertiary/aromatic N) is 2. The molecule has 0 amide bonds. The smallest absolute Gasteiger partial charge is 0.306 e. The highest BCUT2D eigenvalue weighted by Gasteiger charge is 2.14. The standard InChI is InChI=1S/C42H82N2O2/c1-6-11-14-17-20-25-30-37-44(40-32-39-43(10-5)36-9-4)38-31-26-21-24-29-35-42(45)46-41(33-27-22-18-15-12-7-2)34-28-23-19-16-13-8-3/h9-10,36,41H,5-8,11-35,37-40H2,1-4H3/b36-9-. The van der Waals surface area contributed by atoms with E-state index in [1.807, 2.05) is 6.20 Å². The Morgan fingerprint density at radius 1 is 0.565 bits per heavy atom. The van der Waals surface area contributed by atoms with Crippen molar-refractivity contribution in [3.63, 3.8) is 0 Å². The van der Waals surface area contributed by atoms with Crippen LogP contribution in [0.4, 0.5) is 0 Å². The van der Waals surface area contributed by atoms with E-state index in [0.29, 0.717) is 6.42 Å². The average Bonchev–Trinajstić information content (AvgIpc) is 3.05. The maximum atomic E-state index is 12.7. The van der Waals surface area contributed by atoms with Gasteiger partial charge >= 0.3 is 5.97 Å². The van der Waals surface area contributed by atoms with Gasteiger partial charge in [0.1, 0.15) is 6.10 Å². The molecule has 0 aliphatic heterocycles. The summed E-state index contributed by atoms with van der Waals surface area (Å²) in [6.07, 6.45) is 41.2. The third-order valence-corrected chi connectivity index (χ3v) is 9.46. The fourth-order valence-electron chi connectivity index (χ4n) is 6.47. The average molecular weight is 647 g/mol. The van der Waals surface area contributed by atoms with Crippen LogP contribution in [-0.2, 0) is 9.53 Å². The van der Waals surface area contributed by atoms with Gasteiger partial charge in [-0.25, -0.2) is 0 Å². The molecule has 0 aromatic carbocycles. The summed E-state index contributed by atoms with van der Waals surface area (Å²) in [4.78, 5) is 17.6. The van der Waals surface area contributed by atoms with Gasteiger partial charge in [-0.2, -0.15) is 0 Å². The number of allylic oxidation sites excluding steroid dienone is 1.